The maximum atomic E-state index is 12.1. The zero-order valence-corrected chi connectivity index (χ0v) is 14.3. The van der Waals surface area contributed by atoms with E-state index in [1.807, 2.05) is 20.8 Å². The molecule has 0 N–H and O–H groups in total. The third kappa shape index (κ3) is 3.35. The average molecular weight is 319 g/mol. The van der Waals surface area contributed by atoms with E-state index in [2.05, 4.69) is 18.2 Å². The van der Waals surface area contributed by atoms with Crippen LogP contribution in [0.1, 0.15) is 43.9 Å². The molecule has 0 bridgehead atoms. The van der Waals surface area contributed by atoms with E-state index in [1.165, 1.54) is 5.56 Å². The maximum Gasteiger partial charge on any atom is 0.410 e. The Morgan fingerprint density at radius 1 is 1.30 bits per heavy atom. The molecule has 5 nitrogen and oxygen atoms in total. The first-order valence-electron chi connectivity index (χ1n) is 8.13. The molecule has 0 saturated carbocycles. The van der Waals surface area contributed by atoms with Crippen molar-refractivity contribution in [3.63, 3.8) is 0 Å². The van der Waals surface area contributed by atoms with Crippen LogP contribution in [0.5, 0.6) is 0 Å². The molecule has 2 aliphatic rings. The van der Waals surface area contributed by atoms with E-state index in [1.54, 1.807) is 11.9 Å². The molecule has 126 valence electrons. The largest absolute Gasteiger partial charge is 0.444 e. The van der Waals surface area contributed by atoms with Crippen molar-refractivity contribution < 1.29 is 19.0 Å². The van der Waals surface area contributed by atoms with Crippen LogP contribution in [0.25, 0.3) is 0 Å². The SMILES string of the molecule is CN(Cc1ccc2c(c1)C1(CC2)OCCO1)C(=O)OC(C)(C)C. The first-order chi connectivity index (χ1) is 10.8. The highest BCUT2D eigenvalue weighted by molar-refractivity contribution is 5.67. The molecule has 1 heterocycles. The molecule has 1 saturated heterocycles. The normalized spacial score (nSPS) is 19.0. The van der Waals surface area contributed by atoms with E-state index in [9.17, 15) is 4.79 Å². The first kappa shape index (κ1) is 16.3. The number of carbonyl (C=O) groups is 1. The number of carbonyl (C=O) groups excluding carboxylic acids is 1. The maximum absolute atomic E-state index is 12.1. The van der Waals surface area contributed by atoms with Crippen LogP contribution in [0.4, 0.5) is 4.79 Å². The highest BCUT2D eigenvalue weighted by Crippen LogP contribution is 2.43. The fourth-order valence-electron chi connectivity index (χ4n) is 3.16. The number of nitrogens with zero attached hydrogens (tertiary/aromatic N) is 1. The molecule has 1 spiro atoms. The summed E-state index contributed by atoms with van der Waals surface area (Å²) in [5.41, 5.74) is 2.96. The molecule has 1 aliphatic carbocycles. The van der Waals surface area contributed by atoms with Crippen molar-refractivity contribution in [3.05, 3.63) is 34.9 Å². The van der Waals surface area contributed by atoms with Crippen molar-refractivity contribution in [2.75, 3.05) is 20.3 Å². The summed E-state index contributed by atoms with van der Waals surface area (Å²) in [5, 5.41) is 0. The van der Waals surface area contributed by atoms with Crippen LogP contribution in [0.2, 0.25) is 0 Å². The number of aryl methyl sites for hydroxylation is 1. The molecule has 1 amide bonds. The standard InChI is InChI=1S/C18H25NO4/c1-17(2,3)23-16(20)19(4)12-13-5-6-14-7-8-18(15(14)11-13)21-9-10-22-18/h5-6,11H,7-10,12H2,1-4H3. The summed E-state index contributed by atoms with van der Waals surface area (Å²) in [4.78, 5) is 13.7. The predicted molar refractivity (Wildman–Crippen MR) is 86.0 cm³/mol. The smallest absolute Gasteiger partial charge is 0.410 e. The van der Waals surface area contributed by atoms with Crippen molar-refractivity contribution in [2.45, 2.75) is 51.5 Å². The van der Waals surface area contributed by atoms with Gasteiger partial charge in [-0.15, -0.1) is 0 Å². The quantitative estimate of drug-likeness (QED) is 0.840. The average Bonchev–Trinajstić information content (AvgIpc) is 3.07. The van der Waals surface area contributed by atoms with E-state index in [0.29, 0.717) is 19.8 Å². The Hall–Kier alpha value is -1.59. The van der Waals surface area contributed by atoms with Gasteiger partial charge in [-0.25, -0.2) is 4.79 Å². The molecular weight excluding hydrogens is 294 g/mol. The van der Waals surface area contributed by atoms with Crippen molar-refractivity contribution >= 4 is 6.09 Å². The van der Waals surface area contributed by atoms with Gasteiger partial charge in [0.05, 0.1) is 13.2 Å². The minimum atomic E-state index is -0.560. The second kappa shape index (κ2) is 5.80. The number of hydrogen-bond donors (Lipinski definition) is 0. The van der Waals surface area contributed by atoms with Gasteiger partial charge < -0.3 is 19.1 Å². The summed E-state index contributed by atoms with van der Waals surface area (Å²) in [6.07, 6.45) is 1.52. The second-order valence-electron chi connectivity index (χ2n) is 7.28. The minimum Gasteiger partial charge on any atom is -0.444 e. The minimum absolute atomic E-state index is 0.318. The first-order valence-corrected chi connectivity index (χ1v) is 8.13. The zero-order valence-electron chi connectivity index (χ0n) is 14.3. The number of amides is 1. The van der Waals surface area contributed by atoms with Gasteiger partial charge in [0, 0.05) is 25.6 Å². The van der Waals surface area contributed by atoms with Crippen LogP contribution in [-0.4, -0.2) is 36.9 Å². The highest BCUT2D eigenvalue weighted by atomic mass is 16.7. The zero-order chi connectivity index (χ0) is 16.7. The van der Waals surface area contributed by atoms with Crippen LogP contribution in [0, 0.1) is 0 Å². The molecule has 0 radical (unpaired) electrons. The molecule has 0 aromatic heterocycles. The summed E-state index contributed by atoms with van der Waals surface area (Å²) in [5.74, 6) is -0.560. The van der Waals surface area contributed by atoms with Crippen LogP contribution in [0.3, 0.4) is 0 Å². The van der Waals surface area contributed by atoms with E-state index in [4.69, 9.17) is 14.2 Å². The molecule has 23 heavy (non-hydrogen) atoms. The lowest BCUT2D eigenvalue weighted by atomic mass is 10.0. The van der Waals surface area contributed by atoms with E-state index in [0.717, 1.165) is 24.0 Å². The molecule has 0 atom stereocenters. The van der Waals surface area contributed by atoms with E-state index >= 15 is 0 Å². The highest BCUT2D eigenvalue weighted by Gasteiger charge is 2.44. The Balaban J connectivity index is 1.74. The molecular formula is C18H25NO4. The summed E-state index contributed by atoms with van der Waals surface area (Å²) in [6.45, 7) is 7.38. The number of hydrogen-bond acceptors (Lipinski definition) is 4. The van der Waals surface area contributed by atoms with Crippen molar-refractivity contribution in [3.8, 4) is 0 Å². The summed E-state index contributed by atoms with van der Waals surface area (Å²) < 4.78 is 17.1. The van der Waals surface area contributed by atoms with Crippen LogP contribution in [0.15, 0.2) is 18.2 Å². The fraction of sp³-hybridized carbons (Fsp3) is 0.611. The lowest BCUT2D eigenvalue weighted by Gasteiger charge is -2.26. The third-order valence-electron chi connectivity index (χ3n) is 4.19. The number of benzene rings is 1. The monoisotopic (exact) mass is 319 g/mol. The van der Waals surface area contributed by atoms with Crippen LogP contribution in [-0.2, 0) is 33.0 Å². The molecule has 1 aromatic rings. The number of ether oxygens (including phenoxy) is 3. The van der Waals surface area contributed by atoms with Gasteiger partial charge in [-0.1, -0.05) is 12.1 Å². The molecule has 1 aromatic carbocycles. The Kier molecular flexibility index (Phi) is 4.10. The Labute approximate surface area is 137 Å². The summed E-state index contributed by atoms with van der Waals surface area (Å²) in [7, 11) is 1.75. The van der Waals surface area contributed by atoms with Gasteiger partial charge in [0.15, 0.2) is 5.79 Å². The molecule has 0 unspecified atom stereocenters. The number of fused-ring (bicyclic) bond motifs is 2. The van der Waals surface area contributed by atoms with Gasteiger partial charge in [0.25, 0.3) is 0 Å². The topological polar surface area (TPSA) is 48.0 Å². The summed E-state index contributed by atoms with van der Waals surface area (Å²) >= 11 is 0. The van der Waals surface area contributed by atoms with Gasteiger partial charge in [-0.05, 0) is 44.4 Å². The van der Waals surface area contributed by atoms with Crippen molar-refractivity contribution in [1.82, 2.24) is 4.90 Å². The van der Waals surface area contributed by atoms with E-state index < -0.39 is 11.4 Å². The summed E-state index contributed by atoms with van der Waals surface area (Å²) in [6, 6.07) is 6.29. The van der Waals surface area contributed by atoms with Crippen molar-refractivity contribution in [1.29, 1.82) is 0 Å². The van der Waals surface area contributed by atoms with Gasteiger partial charge in [0.2, 0.25) is 0 Å². The lowest BCUT2D eigenvalue weighted by Crippen LogP contribution is -2.33. The second-order valence-corrected chi connectivity index (χ2v) is 7.28. The Morgan fingerprint density at radius 3 is 2.65 bits per heavy atom. The number of rotatable bonds is 2. The van der Waals surface area contributed by atoms with Crippen LogP contribution < -0.4 is 0 Å². The predicted octanol–water partition coefficient (Wildman–Crippen LogP) is 3.20. The van der Waals surface area contributed by atoms with Crippen molar-refractivity contribution in [2.24, 2.45) is 0 Å². The third-order valence-corrected chi connectivity index (χ3v) is 4.19. The van der Waals surface area contributed by atoms with Gasteiger partial charge in [-0.2, -0.15) is 0 Å². The van der Waals surface area contributed by atoms with Gasteiger partial charge in [-0.3, -0.25) is 0 Å². The molecule has 1 aliphatic heterocycles. The van der Waals surface area contributed by atoms with Gasteiger partial charge in [0.1, 0.15) is 5.60 Å². The Bertz CT molecular complexity index is 600. The van der Waals surface area contributed by atoms with E-state index in [-0.39, 0.29) is 6.09 Å². The Morgan fingerprint density at radius 2 is 2.00 bits per heavy atom. The lowest BCUT2D eigenvalue weighted by molar-refractivity contribution is -0.163. The molecule has 3 rings (SSSR count). The van der Waals surface area contributed by atoms with Crippen LogP contribution >= 0.6 is 0 Å². The molecule has 5 heteroatoms. The molecule has 1 fully saturated rings. The fourth-order valence-corrected chi connectivity index (χ4v) is 3.16. The van der Waals surface area contributed by atoms with Gasteiger partial charge >= 0.3 is 6.09 Å².